The van der Waals surface area contributed by atoms with Gasteiger partial charge in [-0.2, -0.15) is 0 Å². The molecule has 1 atom stereocenters. The van der Waals surface area contributed by atoms with Crippen molar-refractivity contribution in [1.82, 2.24) is 0 Å². The van der Waals surface area contributed by atoms with Crippen molar-refractivity contribution in [3.63, 3.8) is 0 Å². The van der Waals surface area contributed by atoms with Crippen molar-refractivity contribution in [3.05, 3.63) is 29.3 Å². The highest BCUT2D eigenvalue weighted by Gasteiger charge is 2.25. The summed E-state index contributed by atoms with van der Waals surface area (Å²) in [6.07, 6.45) is 2.38. The topological polar surface area (TPSA) is 46.5 Å². The van der Waals surface area contributed by atoms with Crippen LogP contribution >= 0.6 is 0 Å². The molecule has 100 valence electrons. The van der Waals surface area contributed by atoms with E-state index in [1.807, 2.05) is 26.8 Å². The van der Waals surface area contributed by atoms with Gasteiger partial charge in [-0.1, -0.05) is 19.9 Å². The number of hydrogen-bond donors (Lipinski definition) is 1. The molecule has 0 heterocycles. The summed E-state index contributed by atoms with van der Waals surface area (Å²) in [4.78, 5) is 11.4. The third-order valence-electron chi connectivity index (χ3n) is 3.05. The average molecular weight is 250 g/mol. The van der Waals surface area contributed by atoms with Crippen LogP contribution in [0.2, 0.25) is 0 Å². The highest BCUT2D eigenvalue weighted by Crippen LogP contribution is 2.37. The number of hydrogen-bond acceptors (Lipinski definition) is 3. The first-order chi connectivity index (χ1) is 8.70. The normalized spacial score (nSPS) is 16.5. The molecule has 1 aromatic carbocycles. The Hall–Kier alpha value is -1.51. The maximum atomic E-state index is 11.4. The Morgan fingerprint density at radius 3 is 2.83 bits per heavy atom. The third kappa shape index (κ3) is 3.49. The van der Waals surface area contributed by atoms with Gasteiger partial charge in [0, 0.05) is 0 Å². The van der Waals surface area contributed by atoms with Gasteiger partial charge in [0.25, 0.3) is 0 Å². The molecule has 0 amide bonds. The van der Waals surface area contributed by atoms with Crippen LogP contribution in [0.3, 0.4) is 0 Å². The van der Waals surface area contributed by atoms with E-state index in [0.29, 0.717) is 13.0 Å². The lowest BCUT2D eigenvalue weighted by molar-refractivity contribution is -0.143. The zero-order chi connectivity index (χ0) is 13.5. The Balaban J connectivity index is 0.000000771. The maximum absolute atomic E-state index is 11.4. The molecule has 3 heteroatoms. The number of ether oxygens (including phenoxy) is 1. The van der Waals surface area contributed by atoms with Crippen LogP contribution < -0.4 is 0 Å². The zero-order valence-corrected chi connectivity index (χ0v) is 11.4. The van der Waals surface area contributed by atoms with Crippen LogP contribution in [0.25, 0.3) is 0 Å². The Bertz CT molecular complexity index is 399. The molecule has 0 aliphatic heterocycles. The lowest BCUT2D eigenvalue weighted by Crippen LogP contribution is -2.08. The lowest BCUT2D eigenvalue weighted by atomic mass is 9.98. The first-order valence-electron chi connectivity index (χ1n) is 6.68. The molecule has 0 saturated heterocycles. The molecular weight excluding hydrogens is 228 g/mol. The van der Waals surface area contributed by atoms with Crippen LogP contribution in [-0.4, -0.2) is 17.7 Å². The number of carbonyl (C=O) groups excluding carboxylic acids is 1. The van der Waals surface area contributed by atoms with E-state index < -0.39 is 0 Å². The summed E-state index contributed by atoms with van der Waals surface area (Å²) in [5.74, 6) is 0.333. The molecule has 1 unspecified atom stereocenters. The van der Waals surface area contributed by atoms with Gasteiger partial charge < -0.3 is 9.84 Å². The van der Waals surface area contributed by atoms with Crippen LogP contribution in [0.5, 0.6) is 5.75 Å². The summed E-state index contributed by atoms with van der Waals surface area (Å²) in [6.45, 7) is 6.24. The SMILES string of the molecule is CC.CCOC(=O)CC1CCc2ccc(O)cc21. The predicted molar refractivity (Wildman–Crippen MR) is 71.8 cm³/mol. The van der Waals surface area contributed by atoms with Gasteiger partial charge in [-0.15, -0.1) is 0 Å². The Kier molecular flexibility index (Phi) is 5.69. The smallest absolute Gasteiger partial charge is 0.306 e. The van der Waals surface area contributed by atoms with Crippen LogP contribution in [0.4, 0.5) is 0 Å². The minimum atomic E-state index is -0.149. The summed E-state index contributed by atoms with van der Waals surface area (Å²) < 4.78 is 4.95. The van der Waals surface area contributed by atoms with E-state index >= 15 is 0 Å². The fourth-order valence-corrected chi connectivity index (χ4v) is 2.31. The van der Waals surface area contributed by atoms with E-state index in [4.69, 9.17) is 4.74 Å². The van der Waals surface area contributed by atoms with Gasteiger partial charge in [-0.05, 0) is 48.9 Å². The van der Waals surface area contributed by atoms with E-state index in [2.05, 4.69) is 0 Å². The van der Waals surface area contributed by atoms with Crippen LogP contribution in [0.15, 0.2) is 18.2 Å². The summed E-state index contributed by atoms with van der Waals surface area (Å²) in [5, 5.41) is 9.44. The molecule has 1 aliphatic carbocycles. The standard InChI is InChI=1S/C13H16O3.C2H6/c1-2-16-13(15)7-10-4-3-9-5-6-11(14)8-12(9)10;1-2/h5-6,8,10,14H,2-4,7H2,1H3;1-2H3. The summed E-state index contributed by atoms with van der Waals surface area (Å²) in [5.41, 5.74) is 2.35. The minimum absolute atomic E-state index is 0.149. The van der Waals surface area contributed by atoms with Crippen LogP contribution in [0, 0.1) is 0 Å². The number of benzene rings is 1. The Morgan fingerprint density at radius 1 is 1.44 bits per heavy atom. The zero-order valence-electron chi connectivity index (χ0n) is 11.4. The molecule has 0 spiro atoms. The third-order valence-corrected chi connectivity index (χ3v) is 3.05. The molecule has 2 rings (SSSR count). The van der Waals surface area contributed by atoms with Gasteiger partial charge in [-0.25, -0.2) is 0 Å². The number of phenolic OH excluding ortho intramolecular Hbond substituents is 1. The second kappa shape index (κ2) is 7.04. The molecule has 0 aromatic heterocycles. The molecule has 0 radical (unpaired) electrons. The number of phenols is 1. The largest absolute Gasteiger partial charge is 0.508 e. The predicted octanol–water partition coefficient (Wildman–Crippen LogP) is 3.40. The van der Waals surface area contributed by atoms with Crippen LogP contribution in [-0.2, 0) is 16.0 Å². The molecule has 1 aliphatic rings. The Labute approximate surface area is 109 Å². The molecule has 1 N–H and O–H groups in total. The van der Waals surface area contributed by atoms with Gasteiger partial charge >= 0.3 is 5.97 Å². The second-order valence-electron chi connectivity index (χ2n) is 4.13. The van der Waals surface area contributed by atoms with Gasteiger partial charge in [0.15, 0.2) is 0 Å². The van der Waals surface area contributed by atoms with E-state index in [1.165, 1.54) is 5.56 Å². The van der Waals surface area contributed by atoms with Gasteiger partial charge in [0.05, 0.1) is 13.0 Å². The number of aromatic hydroxyl groups is 1. The highest BCUT2D eigenvalue weighted by molar-refractivity contribution is 5.71. The Morgan fingerprint density at radius 2 is 2.17 bits per heavy atom. The molecule has 0 bridgehead atoms. The number of esters is 1. The van der Waals surface area contributed by atoms with Crippen molar-refractivity contribution in [2.45, 2.75) is 46.0 Å². The number of carbonyl (C=O) groups is 1. The second-order valence-corrected chi connectivity index (χ2v) is 4.13. The van der Waals surface area contributed by atoms with Crippen LogP contribution in [0.1, 0.15) is 50.7 Å². The van der Waals surface area contributed by atoms with E-state index in [9.17, 15) is 9.90 Å². The number of rotatable bonds is 3. The fourth-order valence-electron chi connectivity index (χ4n) is 2.31. The number of fused-ring (bicyclic) bond motifs is 1. The van der Waals surface area contributed by atoms with Crippen molar-refractivity contribution in [2.24, 2.45) is 0 Å². The molecule has 3 nitrogen and oxygen atoms in total. The maximum Gasteiger partial charge on any atom is 0.306 e. The summed E-state index contributed by atoms with van der Waals surface area (Å²) >= 11 is 0. The van der Waals surface area contributed by atoms with Crippen molar-refractivity contribution in [3.8, 4) is 5.75 Å². The molecular formula is C15H22O3. The van der Waals surface area contributed by atoms with Crippen molar-refractivity contribution in [2.75, 3.05) is 6.61 Å². The molecule has 0 saturated carbocycles. The average Bonchev–Trinajstić information content (AvgIpc) is 2.75. The van der Waals surface area contributed by atoms with Crippen molar-refractivity contribution in [1.29, 1.82) is 0 Å². The monoisotopic (exact) mass is 250 g/mol. The quantitative estimate of drug-likeness (QED) is 0.836. The summed E-state index contributed by atoms with van der Waals surface area (Å²) in [6, 6.07) is 5.41. The molecule has 18 heavy (non-hydrogen) atoms. The summed E-state index contributed by atoms with van der Waals surface area (Å²) in [7, 11) is 0. The minimum Gasteiger partial charge on any atom is -0.508 e. The fraction of sp³-hybridized carbons (Fsp3) is 0.533. The van der Waals surface area contributed by atoms with Crippen molar-refractivity contribution >= 4 is 5.97 Å². The molecule has 0 fully saturated rings. The lowest BCUT2D eigenvalue weighted by Gasteiger charge is -2.10. The van der Waals surface area contributed by atoms with E-state index in [0.717, 1.165) is 18.4 Å². The van der Waals surface area contributed by atoms with Crippen molar-refractivity contribution < 1.29 is 14.6 Å². The van der Waals surface area contributed by atoms with Gasteiger partial charge in [0.2, 0.25) is 0 Å². The van der Waals surface area contributed by atoms with Gasteiger partial charge in [-0.3, -0.25) is 4.79 Å². The van der Waals surface area contributed by atoms with E-state index in [1.54, 1.807) is 12.1 Å². The number of aryl methyl sites for hydroxylation is 1. The highest BCUT2D eigenvalue weighted by atomic mass is 16.5. The first-order valence-corrected chi connectivity index (χ1v) is 6.68. The molecule has 1 aromatic rings. The van der Waals surface area contributed by atoms with Gasteiger partial charge in [0.1, 0.15) is 5.75 Å². The van der Waals surface area contributed by atoms with E-state index in [-0.39, 0.29) is 17.6 Å². The first kappa shape index (κ1) is 14.6.